The van der Waals surface area contributed by atoms with Gasteiger partial charge in [0.15, 0.2) is 5.69 Å². The molecule has 2 aromatic rings. The lowest BCUT2D eigenvalue weighted by Crippen LogP contribution is -2.32. The standard InChI is InChI=1S/C12H13N3O2/c16-12(17)11-9-5-1-2-6-10(9)15(13-11)14-7-3-4-8-14/h1-2,5-6H,3-4,7-8H2,(H,16,17). The number of hydrogen-bond acceptors (Lipinski definition) is 3. The molecular formula is C12H13N3O2. The molecule has 1 aliphatic heterocycles. The third-order valence-electron chi connectivity index (χ3n) is 3.12. The van der Waals surface area contributed by atoms with Gasteiger partial charge in [0.1, 0.15) is 0 Å². The molecule has 1 aliphatic rings. The number of carbonyl (C=O) groups is 1. The summed E-state index contributed by atoms with van der Waals surface area (Å²) in [6.45, 7) is 1.87. The van der Waals surface area contributed by atoms with E-state index in [1.54, 1.807) is 10.9 Å². The fourth-order valence-corrected chi connectivity index (χ4v) is 2.31. The molecular weight excluding hydrogens is 218 g/mol. The van der Waals surface area contributed by atoms with E-state index in [1.165, 1.54) is 0 Å². The molecule has 0 saturated carbocycles. The van der Waals surface area contributed by atoms with Gasteiger partial charge in [0.2, 0.25) is 0 Å². The zero-order chi connectivity index (χ0) is 11.8. The highest BCUT2D eigenvalue weighted by Gasteiger charge is 2.20. The number of rotatable bonds is 2. The molecule has 5 heteroatoms. The Balaban J connectivity index is 2.20. The lowest BCUT2D eigenvalue weighted by Gasteiger charge is -2.18. The molecule has 0 bridgehead atoms. The van der Waals surface area contributed by atoms with Gasteiger partial charge in [0, 0.05) is 18.5 Å². The topological polar surface area (TPSA) is 58.4 Å². The van der Waals surface area contributed by atoms with E-state index < -0.39 is 5.97 Å². The number of aromatic carboxylic acids is 1. The fraction of sp³-hybridized carbons (Fsp3) is 0.333. The monoisotopic (exact) mass is 231 g/mol. The van der Waals surface area contributed by atoms with Crippen LogP contribution >= 0.6 is 0 Å². The zero-order valence-corrected chi connectivity index (χ0v) is 9.33. The van der Waals surface area contributed by atoms with Crippen LogP contribution in [0.15, 0.2) is 24.3 Å². The van der Waals surface area contributed by atoms with Crippen LogP contribution in [0.2, 0.25) is 0 Å². The van der Waals surface area contributed by atoms with Crippen molar-refractivity contribution >= 4 is 16.9 Å². The minimum Gasteiger partial charge on any atom is -0.476 e. The molecule has 1 N–H and O–H groups in total. The second-order valence-electron chi connectivity index (χ2n) is 4.22. The van der Waals surface area contributed by atoms with Crippen molar-refractivity contribution < 1.29 is 9.90 Å². The maximum absolute atomic E-state index is 11.1. The number of benzene rings is 1. The van der Waals surface area contributed by atoms with E-state index in [-0.39, 0.29) is 5.69 Å². The van der Waals surface area contributed by atoms with Crippen LogP contribution in [0, 0.1) is 0 Å². The van der Waals surface area contributed by atoms with Crippen LogP contribution in [0.3, 0.4) is 0 Å². The lowest BCUT2D eigenvalue weighted by molar-refractivity contribution is 0.0691. The fourth-order valence-electron chi connectivity index (χ4n) is 2.31. The molecule has 1 saturated heterocycles. The number of hydrogen-bond donors (Lipinski definition) is 1. The van der Waals surface area contributed by atoms with Gasteiger partial charge >= 0.3 is 5.97 Å². The molecule has 0 radical (unpaired) electrons. The summed E-state index contributed by atoms with van der Waals surface area (Å²) >= 11 is 0. The van der Waals surface area contributed by atoms with Crippen molar-refractivity contribution in [2.45, 2.75) is 12.8 Å². The van der Waals surface area contributed by atoms with Crippen molar-refractivity contribution in [3.8, 4) is 0 Å². The van der Waals surface area contributed by atoms with Gasteiger partial charge in [-0.2, -0.15) is 4.79 Å². The van der Waals surface area contributed by atoms with Gasteiger partial charge in [-0.15, -0.1) is 5.10 Å². The molecule has 0 atom stereocenters. The van der Waals surface area contributed by atoms with Crippen molar-refractivity contribution in [3.63, 3.8) is 0 Å². The summed E-state index contributed by atoms with van der Waals surface area (Å²) in [6, 6.07) is 7.46. The first-order chi connectivity index (χ1) is 8.27. The Kier molecular flexibility index (Phi) is 2.24. The molecule has 0 aliphatic carbocycles. The van der Waals surface area contributed by atoms with Crippen LogP contribution in [0.1, 0.15) is 23.3 Å². The Morgan fingerprint density at radius 2 is 1.94 bits per heavy atom. The second kappa shape index (κ2) is 3.76. The highest BCUT2D eigenvalue weighted by Crippen LogP contribution is 2.20. The van der Waals surface area contributed by atoms with Gasteiger partial charge in [0.25, 0.3) is 0 Å². The summed E-state index contributed by atoms with van der Waals surface area (Å²) in [5.74, 6) is -0.973. The number of carboxylic acid groups (broad SMARTS) is 1. The van der Waals surface area contributed by atoms with Crippen LogP contribution < -0.4 is 5.01 Å². The van der Waals surface area contributed by atoms with Gasteiger partial charge in [-0.1, -0.05) is 18.2 Å². The van der Waals surface area contributed by atoms with Gasteiger partial charge in [-0.05, 0) is 18.9 Å². The summed E-state index contributed by atoms with van der Waals surface area (Å²) in [5, 5.41) is 16.2. The smallest absolute Gasteiger partial charge is 0.357 e. The molecule has 5 nitrogen and oxygen atoms in total. The molecule has 0 amide bonds. The van der Waals surface area contributed by atoms with Gasteiger partial charge in [-0.25, -0.2) is 4.79 Å². The number of carboxylic acids is 1. The molecule has 1 aromatic carbocycles. The van der Waals surface area contributed by atoms with Crippen LogP contribution in [-0.2, 0) is 0 Å². The first-order valence-corrected chi connectivity index (χ1v) is 5.73. The van der Waals surface area contributed by atoms with E-state index in [4.69, 9.17) is 5.11 Å². The highest BCUT2D eigenvalue weighted by atomic mass is 16.4. The Bertz CT molecular complexity index is 570. The first-order valence-electron chi connectivity index (χ1n) is 5.73. The van der Waals surface area contributed by atoms with Crippen molar-refractivity contribution in [2.75, 3.05) is 18.1 Å². The Hall–Kier alpha value is -2.04. The summed E-state index contributed by atoms with van der Waals surface area (Å²) in [5.41, 5.74) is 0.999. The Labute approximate surface area is 98.2 Å². The third kappa shape index (κ3) is 1.54. The van der Waals surface area contributed by atoms with E-state index in [1.807, 2.05) is 18.2 Å². The Morgan fingerprint density at radius 1 is 1.24 bits per heavy atom. The van der Waals surface area contributed by atoms with E-state index >= 15 is 0 Å². The lowest BCUT2D eigenvalue weighted by atomic mass is 10.2. The number of aromatic nitrogens is 2. The van der Waals surface area contributed by atoms with Crippen LogP contribution in [0.4, 0.5) is 0 Å². The molecule has 0 unspecified atom stereocenters. The number of fused-ring (bicyclic) bond motifs is 1. The molecule has 1 aromatic heterocycles. The largest absolute Gasteiger partial charge is 0.476 e. The van der Waals surface area contributed by atoms with E-state index in [9.17, 15) is 4.79 Å². The van der Waals surface area contributed by atoms with Crippen LogP contribution in [-0.4, -0.2) is 34.1 Å². The van der Waals surface area contributed by atoms with E-state index in [0.717, 1.165) is 31.4 Å². The van der Waals surface area contributed by atoms with Gasteiger partial charge in [-0.3, -0.25) is 5.01 Å². The highest BCUT2D eigenvalue weighted by molar-refractivity contribution is 6.01. The summed E-state index contributed by atoms with van der Waals surface area (Å²) < 4.78 is 0. The summed E-state index contributed by atoms with van der Waals surface area (Å²) in [6.07, 6.45) is 2.27. The number of nitrogens with zero attached hydrogens (tertiary/aromatic N) is 3. The van der Waals surface area contributed by atoms with E-state index in [0.29, 0.717) is 5.39 Å². The molecule has 0 spiro atoms. The maximum atomic E-state index is 11.1. The third-order valence-corrected chi connectivity index (χ3v) is 3.12. The summed E-state index contributed by atoms with van der Waals surface area (Å²) in [4.78, 5) is 12.9. The molecule has 1 fully saturated rings. The summed E-state index contributed by atoms with van der Waals surface area (Å²) in [7, 11) is 0. The SMILES string of the molecule is O=C(O)c1nn(N2CCCC2)c2ccccc12. The average molecular weight is 231 g/mol. The maximum Gasteiger partial charge on any atom is 0.357 e. The zero-order valence-electron chi connectivity index (χ0n) is 9.33. The van der Waals surface area contributed by atoms with Gasteiger partial charge in [0.05, 0.1) is 5.52 Å². The van der Waals surface area contributed by atoms with Crippen molar-refractivity contribution in [1.82, 2.24) is 9.89 Å². The van der Waals surface area contributed by atoms with Crippen molar-refractivity contribution in [1.29, 1.82) is 0 Å². The van der Waals surface area contributed by atoms with Crippen molar-refractivity contribution in [3.05, 3.63) is 30.0 Å². The predicted octanol–water partition coefficient (Wildman–Crippen LogP) is 1.47. The average Bonchev–Trinajstić information content (AvgIpc) is 2.95. The van der Waals surface area contributed by atoms with Crippen LogP contribution in [0.25, 0.3) is 10.9 Å². The quantitative estimate of drug-likeness (QED) is 0.850. The molecule has 17 heavy (non-hydrogen) atoms. The van der Waals surface area contributed by atoms with Gasteiger partial charge < -0.3 is 5.11 Å². The molecule has 3 rings (SSSR count). The first kappa shape index (κ1) is 10.1. The van der Waals surface area contributed by atoms with Crippen LogP contribution in [0.5, 0.6) is 0 Å². The normalized spacial score (nSPS) is 15.6. The predicted molar refractivity (Wildman–Crippen MR) is 63.9 cm³/mol. The minimum atomic E-state index is -0.973. The molecule has 2 heterocycles. The minimum absolute atomic E-state index is 0.132. The van der Waals surface area contributed by atoms with Crippen molar-refractivity contribution in [2.24, 2.45) is 0 Å². The number of para-hydroxylation sites is 1. The molecule has 88 valence electrons. The Morgan fingerprint density at radius 3 is 2.65 bits per heavy atom. The van der Waals surface area contributed by atoms with E-state index in [2.05, 4.69) is 10.1 Å². The second-order valence-corrected chi connectivity index (χ2v) is 4.22.